The predicted molar refractivity (Wildman–Crippen MR) is 312 cm³/mol. The van der Waals surface area contributed by atoms with E-state index in [1.807, 2.05) is 36.4 Å². The van der Waals surface area contributed by atoms with Crippen molar-refractivity contribution < 1.29 is 61.8 Å². The van der Waals surface area contributed by atoms with E-state index in [1.165, 1.54) is 12.8 Å². The van der Waals surface area contributed by atoms with Crippen LogP contribution in [0, 0.1) is 11.8 Å². The minimum absolute atomic E-state index is 0.00928. The average molecular weight is 1190 g/mol. The number of phenols is 1. The van der Waals surface area contributed by atoms with Gasteiger partial charge in [0.05, 0.1) is 89.2 Å². The van der Waals surface area contributed by atoms with Gasteiger partial charge >= 0.3 is 0 Å². The molecule has 468 valence electrons. The first-order chi connectivity index (χ1) is 41.2. The molecule has 4 bridgehead atoms. The lowest BCUT2D eigenvalue weighted by Crippen LogP contribution is -2.78. The summed E-state index contributed by atoms with van der Waals surface area (Å²) in [5, 5.41) is 42.4. The molecule has 11 rings (SSSR count). The van der Waals surface area contributed by atoms with Crippen molar-refractivity contribution in [3.05, 3.63) is 70.8 Å². The van der Waals surface area contributed by atoms with E-state index in [2.05, 4.69) is 54.4 Å². The number of rotatable bonds is 32. The maximum Gasteiger partial charge on any atom is 0.248 e. The normalized spacial score (nSPS) is 28.0. The zero-order valence-electron chi connectivity index (χ0n) is 50.0. The molecule has 19 nitrogen and oxygen atoms in total. The third-order valence-corrected chi connectivity index (χ3v) is 20.0. The van der Waals surface area contributed by atoms with Gasteiger partial charge in [0, 0.05) is 93.3 Å². The maximum atomic E-state index is 13.9. The molecule has 2 unspecified atom stereocenters. The number of halogens is 2. The number of fused-ring (bicyclic) bond motifs is 2. The fourth-order valence-electron chi connectivity index (χ4n) is 15.6. The lowest BCUT2D eigenvalue weighted by Gasteiger charge is -2.64. The van der Waals surface area contributed by atoms with Crippen LogP contribution in [-0.2, 0) is 56.3 Å². The predicted octanol–water partition coefficient (Wildman–Crippen LogP) is 6.62. The van der Waals surface area contributed by atoms with Crippen LogP contribution in [0.1, 0.15) is 163 Å². The van der Waals surface area contributed by atoms with E-state index in [0.29, 0.717) is 102 Å². The van der Waals surface area contributed by atoms with Gasteiger partial charge in [-0.25, -0.2) is 8.78 Å². The molecule has 5 heterocycles. The fraction of sp³-hybridized carbons (Fsp3) is 0.734. The van der Waals surface area contributed by atoms with Gasteiger partial charge in [0.15, 0.2) is 11.5 Å². The van der Waals surface area contributed by atoms with Gasteiger partial charge in [0.2, 0.25) is 23.6 Å². The molecule has 4 aliphatic heterocycles. The first-order valence-electron chi connectivity index (χ1n) is 32.1. The Hall–Kier alpha value is -4.87. The van der Waals surface area contributed by atoms with Gasteiger partial charge in [0.25, 0.3) is 0 Å². The summed E-state index contributed by atoms with van der Waals surface area (Å²) < 4.78 is 65.1. The molecule has 0 radical (unpaired) electrons. The SMILES string of the molecule is CC(C)c1nnc(CCNC(=O)CCOCCOCCOCCOCCOCCC(=O)N[C@@H]2CC[C@@]3(O)[C@H]4Cc5ccc(O)c6c5[C@@]3(CCN4CC3CC3)[C@H]2O6)n1C1CC2CCC(C1)N2CC[C@H](NC(=O)C1CCC(F)(F)CC1)c1ccccc1. The van der Waals surface area contributed by atoms with Gasteiger partial charge in [-0.3, -0.25) is 24.2 Å². The van der Waals surface area contributed by atoms with Crippen LogP contribution in [0.5, 0.6) is 11.5 Å². The number of aliphatic hydroxyl groups is 1. The first kappa shape index (κ1) is 61.8. The lowest BCUT2D eigenvalue weighted by molar-refractivity contribution is -0.192. The van der Waals surface area contributed by atoms with Crippen LogP contribution in [-0.4, -0.2) is 187 Å². The number of alkyl halides is 2. The van der Waals surface area contributed by atoms with Crippen molar-refractivity contribution in [2.75, 3.05) is 92.2 Å². The van der Waals surface area contributed by atoms with E-state index >= 15 is 0 Å². The number of aromatic nitrogens is 3. The Morgan fingerprint density at radius 2 is 1.41 bits per heavy atom. The Morgan fingerprint density at radius 3 is 2.06 bits per heavy atom. The summed E-state index contributed by atoms with van der Waals surface area (Å²) in [4.78, 5) is 44.6. The van der Waals surface area contributed by atoms with Crippen molar-refractivity contribution in [3.8, 4) is 11.5 Å². The molecular formula is C64H92F2N8O11. The molecule has 21 heteroatoms. The number of hydrogen-bond acceptors (Lipinski definition) is 15. The summed E-state index contributed by atoms with van der Waals surface area (Å²) in [5.41, 5.74) is 1.46. The molecule has 6 fully saturated rings. The summed E-state index contributed by atoms with van der Waals surface area (Å²) in [6.45, 7) is 11.0. The standard InChI is InChI=1S/C64H92F2N8O11/c1-42(2)60-71-70-54(74(60)49-39-47-11-12-48(40-49)73(47)26-18-50(44-6-4-3-5-7-44)69-61(78)45-14-21-62(65,66)22-15-45)17-25-67-55(76)19-28-80-30-32-82-34-36-84-37-35-83-33-31-81-29-20-56(77)68-51-16-23-64(79)53-38-46-10-13-52(75)58-57(46)63(64,59(51)85-58)24-27-72(53)41-43-8-9-43/h3-7,10,13,42-43,45,47-51,53,59,75,79H,8-9,11-12,14-41H2,1-2H3,(H,67,76)(H,68,77)(H,69,78)/t47?,48?,49?,50-,51+,53+,59-,63-,64+/m0/s1. The van der Waals surface area contributed by atoms with Crippen LogP contribution in [0.2, 0.25) is 0 Å². The van der Waals surface area contributed by atoms with Crippen LogP contribution in [0.25, 0.3) is 0 Å². The van der Waals surface area contributed by atoms with Crippen molar-refractivity contribution >= 4 is 17.7 Å². The van der Waals surface area contributed by atoms with E-state index in [9.17, 15) is 33.4 Å². The van der Waals surface area contributed by atoms with E-state index in [0.717, 1.165) is 92.9 Å². The highest BCUT2D eigenvalue weighted by molar-refractivity contribution is 5.79. The van der Waals surface area contributed by atoms with Crippen LogP contribution >= 0.6 is 0 Å². The van der Waals surface area contributed by atoms with E-state index < -0.39 is 23.0 Å². The Morgan fingerprint density at radius 1 is 0.765 bits per heavy atom. The van der Waals surface area contributed by atoms with Crippen molar-refractivity contribution in [2.45, 2.75) is 195 Å². The van der Waals surface area contributed by atoms with Gasteiger partial charge < -0.3 is 59.2 Å². The zero-order valence-corrected chi connectivity index (χ0v) is 50.0. The molecule has 3 saturated carbocycles. The number of nitrogens with one attached hydrogen (secondary N) is 3. The number of carbonyl (C=O) groups excluding carboxylic acids is 3. The van der Waals surface area contributed by atoms with Crippen molar-refractivity contribution in [1.82, 2.24) is 40.5 Å². The minimum atomic E-state index is -2.68. The molecule has 8 atom stereocenters. The van der Waals surface area contributed by atoms with Crippen molar-refractivity contribution in [3.63, 3.8) is 0 Å². The summed E-state index contributed by atoms with van der Waals surface area (Å²) in [6.07, 6.45) is 10.5. The summed E-state index contributed by atoms with van der Waals surface area (Å²) in [7, 11) is 0. The number of amides is 3. The van der Waals surface area contributed by atoms with Gasteiger partial charge in [0.1, 0.15) is 17.8 Å². The number of phenolic OH excluding ortho intramolecular Hbond substituents is 1. The zero-order chi connectivity index (χ0) is 59.1. The number of nitrogens with zero attached hydrogens (tertiary/aromatic N) is 5. The Kier molecular flexibility index (Phi) is 20.1. The van der Waals surface area contributed by atoms with Crippen LogP contribution in [0.15, 0.2) is 42.5 Å². The van der Waals surface area contributed by atoms with Crippen molar-refractivity contribution in [2.24, 2.45) is 11.8 Å². The molecular weight excluding hydrogens is 1090 g/mol. The quantitative estimate of drug-likeness (QED) is 0.0415. The van der Waals surface area contributed by atoms with E-state index in [4.69, 9.17) is 28.4 Å². The topological polar surface area (TPSA) is 220 Å². The van der Waals surface area contributed by atoms with Gasteiger partial charge in [-0.1, -0.05) is 50.2 Å². The highest BCUT2D eigenvalue weighted by Crippen LogP contribution is 2.65. The second-order valence-corrected chi connectivity index (χ2v) is 25.8. The lowest BCUT2D eigenvalue weighted by atomic mass is 9.48. The largest absolute Gasteiger partial charge is 0.504 e. The first-order valence-corrected chi connectivity index (χ1v) is 32.1. The molecule has 2 aromatic carbocycles. The number of piperidine rings is 2. The second-order valence-electron chi connectivity index (χ2n) is 25.8. The van der Waals surface area contributed by atoms with Gasteiger partial charge in [-0.2, -0.15) is 0 Å². The Balaban J connectivity index is 0.510. The highest BCUT2D eigenvalue weighted by atomic mass is 19.3. The molecule has 3 aromatic rings. The number of ether oxygens (including phenoxy) is 6. The minimum Gasteiger partial charge on any atom is -0.504 e. The van der Waals surface area contributed by atoms with Gasteiger partial charge in [-0.15, -0.1) is 10.2 Å². The summed E-state index contributed by atoms with van der Waals surface area (Å²) in [5.74, 6) is -0.0747. The van der Waals surface area contributed by atoms with Crippen LogP contribution in [0.3, 0.4) is 0 Å². The molecule has 85 heavy (non-hydrogen) atoms. The third kappa shape index (κ3) is 14.0. The highest BCUT2D eigenvalue weighted by Gasteiger charge is 2.73. The summed E-state index contributed by atoms with van der Waals surface area (Å²) >= 11 is 0. The number of aromatic hydroxyl groups is 1. The monoisotopic (exact) mass is 1190 g/mol. The van der Waals surface area contributed by atoms with Gasteiger partial charge in [-0.05, 0) is 113 Å². The molecule has 1 spiro atoms. The molecule has 3 amide bonds. The molecule has 5 N–H and O–H groups in total. The van der Waals surface area contributed by atoms with E-state index in [-0.39, 0.29) is 111 Å². The maximum absolute atomic E-state index is 13.9. The molecule has 3 saturated heterocycles. The average Bonchev–Trinajstić information content (AvgIpc) is 1.61. The number of likely N-dealkylation sites (tertiary alicyclic amines) is 1. The Bertz CT molecular complexity index is 2710. The molecule has 8 aliphatic rings. The molecule has 1 aromatic heterocycles. The van der Waals surface area contributed by atoms with Crippen LogP contribution < -0.4 is 20.7 Å². The van der Waals surface area contributed by atoms with Crippen LogP contribution in [0.4, 0.5) is 8.78 Å². The number of carbonyl (C=O) groups is 3. The second kappa shape index (κ2) is 27.7. The smallest absolute Gasteiger partial charge is 0.248 e. The Labute approximate surface area is 499 Å². The molecule has 4 aliphatic carbocycles. The summed E-state index contributed by atoms with van der Waals surface area (Å²) in [6, 6.07) is 14.2. The third-order valence-electron chi connectivity index (χ3n) is 20.0. The number of hydrogen-bond donors (Lipinski definition) is 5. The fourth-order valence-corrected chi connectivity index (χ4v) is 15.6. The van der Waals surface area contributed by atoms with Crippen molar-refractivity contribution in [1.29, 1.82) is 0 Å². The number of benzene rings is 2. The van der Waals surface area contributed by atoms with E-state index in [1.54, 1.807) is 6.07 Å².